The van der Waals surface area contributed by atoms with Gasteiger partial charge in [-0.05, 0) is 89.9 Å². The highest BCUT2D eigenvalue weighted by atomic mass is 127. The predicted octanol–water partition coefficient (Wildman–Crippen LogP) is 7.80. The summed E-state index contributed by atoms with van der Waals surface area (Å²) in [5, 5.41) is 10.6. The zero-order valence-electron chi connectivity index (χ0n) is 20.3. The van der Waals surface area contributed by atoms with Crippen LogP contribution in [0.3, 0.4) is 0 Å². The Morgan fingerprint density at radius 2 is 1.58 bits per heavy atom. The Kier molecular flexibility index (Phi) is 9.23. The summed E-state index contributed by atoms with van der Waals surface area (Å²) in [6, 6.07) is 15.9. The second kappa shape index (κ2) is 12.2. The summed E-state index contributed by atoms with van der Waals surface area (Å²) in [5.74, 6) is -1.53. The smallest absolute Gasteiger partial charge is 0.303 e. The molecule has 10 heteroatoms. The number of nitrogens with zero attached hydrogens (tertiary/aromatic N) is 2. The number of carboxylic acids is 1. The second-order valence-corrected chi connectivity index (χ2v) is 11.5. The van der Waals surface area contributed by atoms with Gasteiger partial charge in [-0.15, -0.1) is 0 Å². The van der Waals surface area contributed by atoms with Crippen LogP contribution in [0.4, 0.5) is 5.69 Å². The third-order valence-electron chi connectivity index (χ3n) is 6.55. The van der Waals surface area contributed by atoms with Crippen molar-refractivity contribution in [1.82, 2.24) is 4.90 Å². The summed E-state index contributed by atoms with van der Waals surface area (Å²) in [6.45, 7) is 2.11. The van der Waals surface area contributed by atoms with Crippen LogP contribution in [0, 0.1) is 3.57 Å². The van der Waals surface area contributed by atoms with Gasteiger partial charge < -0.3 is 14.9 Å². The van der Waals surface area contributed by atoms with Gasteiger partial charge in [0.05, 0.1) is 22.3 Å². The first-order chi connectivity index (χ1) is 18.1. The zero-order valence-corrected chi connectivity index (χ0v) is 24.8. The van der Waals surface area contributed by atoms with E-state index in [0.29, 0.717) is 48.3 Å². The van der Waals surface area contributed by atoms with Crippen molar-refractivity contribution in [3.8, 4) is 0 Å². The van der Waals surface area contributed by atoms with E-state index in [1.54, 1.807) is 58.3 Å². The Bertz CT molecular complexity index is 1370. The molecule has 1 heterocycles. The van der Waals surface area contributed by atoms with Crippen LogP contribution in [0.2, 0.25) is 15.1 Å². The highest BCUT2D eigenvalue weighted by Gasteiger charge is 2.43. The van der Waals surface area contributed by atoms with Crippen molar-refractivity contribution in [2.75, 3.05) is 11.4 Å². The van der Waals surface area contributed by atoms with Gasteiger partial charge in [-0.2, -0.15) is 0 Å². The molecule has 2 atom stereocenters. The van der Waals surface area contributed by atoms with Crippen molar-refractivity contribution in [1.29, 1.82) is 0 Å². The van der Waals surface area contributed by atoms with Crippen LogP contribution in [-0.2, 0) is 9.59 Å². The molecule has 0 fully saturated rings. The molecule has 0 aromatic heterocycles. The Morgan fingerprint density at radius 1 is 0.974 bits per heavy atom. The number of aliphatic carboxylic acids is 1. The van der Waals surface area contributed by atoms with Crippen LogP contribution in [0.5, 0.6) is 0 Å². The molecule has 0 unspecified atom stereocenters. The molecule has 3 aromatic carbocycles. The standard InChI is InChI=1S/C28H24Cl3IN2O4/c1-16(17-5-9-19(29)10-6-17)34-26(18-7-11-20(30)12-8-18)28(38)33(13-3-2-4-25(35)36)24-15-22(31)23(32)14-21(24)27(34)37/h5-12,14-16,26H,2-4,13H2,1H3,(H,35,36)/t16-,26+/m1/s1. The molecule has 6 nitrogen and oxygen atoms in total. The minimum absolute atomic E-state index is 0.0123. The third kappa shape index (κ3) is 6.11. The highest BCUT2D eigenvalue weighted by molar-refractivity contribution is 14.1. The Morgan fingerprint density at radius 3 is 2.18 bits per heavy atom. The molecule has 1 aliphatic heterocycles. The van der Waals surface area contributed by atoms with E-state index < -0.39 is 18.1 Å². The maximum absolute atomic E-state index is 14.4. The van der Waals surface area contributed by atoms with Crippen molar-refractivity contribution in [3.63, 3.8) is 0 Å². The van der Waals surface area contributed by atoms with Gasteiger partial charge in [0.1, 0.15) is 6.04 Å². The van der Waals surface area contributed by atoms with Crippen molar-refractivity contribution >= 4 is 80.9 Å². The molecule has 0 saturated carbocycles. The van der Waals surface area contributed by atoms with Gasteiger partial charge in [-0.1, -0.05) is 59.1 Å². The van der Waals surface area contributed by atoms with Crippen LogP contribution in [-0.4, -0.2) is 34.3 Å². The number of fused-ring (bicyclic) bond motifs is 1. The van der Waals surface area contributed by atoms with Gasteiger partial charge in [-0.3, -0.25) is 14.4 Å². The number of hydrogen-bond acceptors (Lipinski definition) is 3. The van der Waals surface area contributed by atoms with Crippen LogP contribution >= 0.6 is 57.4 Å². The first kappa shape index (κ1) is 28.7. The lowest BCUT2D eigenvalue weighted by molar-refractivity contribution is -0.137. The lowest BCUT2D eigenvalue weighted by Crippen LogP contribution is -2.44. The average molecular weight is 686 g/mol. The summed E-state index contributed by atoms with van der Waals surface area (Å²) >= 11 is 20.8. The molecular weight excluding hydrogens is 662 g/mol. The summed E-state index contributed by atoms with van der Waals surface area (Å²) in [6.07, 6.45) is 0.813. The van der Waals surface area contributed by atoms with Gasteiger partial charge in [0.2, 0.25) is 0 Å². The molecule has 1 N–H and O–H groups in total. The average Bonchev–Trinajstić information content (AvgIpc) is 2.96. The maximum Gasteiger partial charge on any atom is 0.303 e. The summed E-state index contributed by atoms with van der Waals surface area (Å²) < 4.78 is 0.679. The molecule has 0 saturated heterocycles. The fourth-order valence-electron chi connectivity index (χ4n) is 4.60. The van der Waals surface area contributed by atoms with E-state index in [4.69, 9.17) is 39.9 Å². The minimum Gasteiger partial charge on any atom is -0.481 e. The van der Waals surface area contributed by atoms with Gasteiger partial charge in [0.15, 0.2) is 0 Å². The number of hydrogen-bond donors (Lipinski definition) is 1. The maximum atomic E-state index is 14.4. The Hall–Kier alpha value is -2.33. The molecular formula is C28H24Cl3IN2O4. The Balaban J connectivity index is 1.88. The molecule has 0 bridgehead atoms. The fraction of sp³-hybridized carbons (Fsp3) is 0.250. The molecule has 1 aliphatic rings. The van der Waals surface area contributed by atoms with Gasteiger partial charge in [-0.25, -0.2) is 0 Å². The molecule has 2 amide bonds. The number of anilines is 1. The van der Waals surface area contributed by atoms with Crippen molar-refractivity contribution in [2.45, 2.75) is 38.3 Å². The van der Waals surface area contributed by atoms with E-state index in [2.05, 4.69) is 22.6 Å². The molecule has 3 aromatic rings. The number of benzene rings is 3. The van der Waals surface area contributed by atoms with Gasteiger partial charge in [0, 0.05) is 26.6 Å². The molecule has 0 spiro atoms. The lowest BCUT2D eigenvalue weighted by Gasteiger charge is -2.36. The van der Waals surface area contributed by atoms with E-state index in [9.17, 15) is 14.4 Å². The van der Waals surface area contributed by atoms with E-state index >= 15 is 0 Å². The first-order valence-corrected chi connectivity index (χ1v) is 14.2. The van der Waals surface area contributed by atoms with E-state index in [1.807, 2.05) is 19.1 Å². The van der Waals surface area contributed by atoms with Crippen molar-refractivity contribution in [3.05, 3.63) is 96.0 Å². The normalized spacial score (nSPS) is 16.3. The predicted molar refractivity (Wildman–Crippen MR) is 158 cm³/mol. The van der Waals surface area contributed by atoms with Crippen molar-refractivity contribution < 1.29 is 19.5 Å². The summed E-state index contributed by atoms with van der Waals surface area (Å²) in [7, 11) is 0. The number of carbonyl (C=O) groups excluding carboxylic acids is 2. The van der Waals surface area contributed by atoms with Crippen LogP contribution in [0.25, 0.3) is 0 Å². The number of carbonyl (C=O) groups is 3. The second-order valence-electron chi connectivity index (χ2n) is 9.02. The number of halogens is 4. The number of unbranched alkanes of at least 4 members (excludes halogenated alkanes) is 1. The van der Waals surface area contributed by atoms with Crippen LogP contribution in [0.1, 0.15) is 59.8 Å². The van der Waals surface area contributed by atoms with Crippen molar-refractivity contribution in [2.24, 2.45) is 0 Å². The molecule has 198 valence electrons. The van der Waals surface area contributed by atoms with Gasteiger partial charge >= 0.3 is 5.97 Å². The highest BCUT2D eigenvalue weighted by Crippen LogP contribution is 2.42. The third-order valence-corrected chi connectivity index (χ3v) is 8.58. The molecule has 4 rings (SSSR count). The zero-order chi connectivity index (χ0) is 27.6. The quantitative estimate of drug-likeness (QED) is 0.194. The fourth-order valence-corrected chi connectivity index (χ4v) is 5.48. The first-order valence-electron chi connectivity index (χ1n) is 11.9. The monoisotopic (exact) mass is 684 g/mol. The number of amides is 2. The Labute approximate surface area is 249 Å². The van der Waals surface area contributed by atoms with Crippen LogP contribution < -0.4 is 4.90 Å². The molecule has 0 radical (unpaired) electrons. The SMILES string of the molecule is C[C@H](c1ccc(Cl)cc1)N1C(=O)c2cc(I)c(Cl)cc2N(CCCCC(=O)O)C(=O)[C@@H]1c1ccc(Cl)cc1. The van der Waals surface area contributed by atoms with E-state index in [0.717, 1.165) is 5.56 Å². The van der Waals surface area contributed by atoms with E-state index in [1.165, 1.54) is 0 Å². The topological polar surface area (TPSA) is 77.9 Å². The minimum atomic E-state index is -0.964. The molecule has 0 aliphatic carbocycles. The summed E-state index contributed by atoms with van der Waals surface area (Å²) in [5.41, 5.74) is 2.18. The van der Waals surface area contributed by atoms with E-state index in [-0.39, 0.29) is 24.8 Å². The molecule has 38 heavy (non-hydrogen) atoms. The summed E-state index contributed by atoms with van der Waals surface area (Å²) in [4.78, 5) is 42.9. The number of carboxylic acid groups (broad SMARTS) is 1. The lowest BCUT2D eigenvalue weighted by atomic mass is 9.98. The van der Waals surface area contributed by atoms with Gasteiger partial charge in [0.25, 0.3) is 11.8 Å². The number of rotatable bonds is 8. The van der Waals surface area contributed by atoms with Crippen LogP contribution in [0.15, 0.2) is 60.7 Å². The largest absolute Gasteiger partial charge is 0.481 e.